The highest BCUT2D eigenvalue weighted by atomic mass is 32.2. The number of nitrogens with zero attached hydrogens (tertiary/aromatic N) is 1. The van der Waals surface area contributed by atoms with Crippen LogP contribution in [0.5, 0.6) is 5.75 Å². The zero-order valence-electron chi connectivity index (χ0n) is 15.0. The van der Waals surface area contributed by atoms with Gasteiger partial charge in [-0.3, -0.25) is 0 Å². The number of ether oxygens (including phenoxy) is 1. The fourth-order valence-corrected chi connectivity index (χ4v) is 3.13. The van der Waals surface area contributed by atoms with E-state index >= 15 is 0 Å². The third-order valence-corrected chi connectivity index (χ3v) is 5.56. The van der Waals surface area contributed by atoms with Crippen molar-refractivity contribution < 1.29 is 13.2 Å². The van der Waals surface area contributed by atoms with Crippen LogP contribution in [0.25, 0.3) is 0 Å². The number of rotatable bonds is 6. The molecular weight excluding hydrogens is 370 g/mol. The van der Waals surface area contributed by atoms with E-state index in [4.69, 9.17) is 22.1 Å². The average molecular weight is 394 g/mol. The number of sulfonamides is 1. The van der Waals surface area contributed by atoms with Crippen LogP contribution in [0.1, 0.15) is 24.1 Å². The summed E-state index contributed by atoms with van der Waals surface area (Å²) in [5.41, 5.74) is 2.03. The van der Waals surface area contributed by atoms with E-state index in [0.29, 0.717) is 11.7 Å². The minimum absolute atomic E-state index is 0.0274. The number of nitrogens with one attached hydrogen (secondary N) is 1. The first-order valence-corrected chi connectivity index (χ1v) is 9.94. The summed E-state index contributed by atoms with van der Waals surface area (Å²) in [4.78, 5) is 2.02. The molecule has 0 radical (unpaired) electrons. The number of thiocarbonyl (C=S) groups is 1. The van der Waals surface area contributed by atoms with Gasteiger partial charge in [0.25, 0.3) is 0 Å². The second kappa shape index (κ2) is 8.48. The molecule has 26 heavy (non-hydrogen) atoms. The predicted molar refractivity (Wildman–Crippen MR) is 106 cm³/mol. The van der Waals surface area contributed by atoms with E-state index in [1.54, 1.807) is 19.2 Å². The van der Waals surface area contributed by atoms with Gasteiger partial charge in [-0.1, -0.05) is 24.3 Å². The fourth-order valence-electron chi connectivity index (χ4n) is 2.38. The number of hydrogen-bond acceptors (Lipinski definition) is 4. The Morgan fingerprint density at radius 2 is 1.77 bits per heavy atom. The van der Waals surface area contributed by atoms with Crippen molar-refractivity contribution in [3.63, 3.8) is 0 Å². The molecule has 0 aliphatic rings. The molecule has 0 aliphatic carbocycles. The molecule has 6 nitrogen and oxygen atoms in total. The maximum Gasteiger partial charge on any atom is 0.238 e. The molecule has 2 rings (SSSR count). The molecule has 0 unspecified atom stereocenters. The van der Waals surface area contributed by atoms with E-state index in [1.807, 2.05) is 43.1 Å². The van der Waals surface area contributed by atoms with E-state index in [1.165, 1.54) is 12.1 Å². The Morgan fingerprint density at radius 3 is 2.27 bits per heavy atom. The number of hydrogen-bond donors (Lipinski definition) is 2. The molecule has 0 heterocycles. The quantitative estimate of drug-likeness (QED) is 0.733. The summed E-state index contributed by atoms with van der Waals surface area (Å²) >= 11 is 5.46. The van der Waals surface area contributed by atoms with Crippen LogP contribution in [-0.2, 0) is 16.6 Å². The van der Waals surface area contributed by atoms with Gasteiger partial charge in [-0.15, -0.1) is 0 Å². The van der Waals surface area contributed by atoms with Gasteiger partial charge in [0.1, 0.15) is 5.75 Å². The summed E-state index contributed by atoms with van der Waals surface area (Å²) in [6.07, 6.45) is 0. The highest BCUT2D eigenvalue weighted by Gasteiger charge is 2.15. The first-order valence-electron chi connectivity index (χ1n) is 7.98. The van der Waals surface area contributed by atoms with Gasteiger partial charge in [0.2, 0.25) is 10.0 Å². The Bertz CT molecular complexity index is 850. The number of primary sulfonamides is 1. The maximum atomic E-state index is 11.3. The summed E-state index contributed by atoms with van der Waals surface area (Å²) in [6.45, 7) is 2.59. The molecule has 0 fully saturated rings. The minimum Gasteiger partial charge on any atom is -0.497 e. The molecule has 2 aromatic rings. The SMILES string of the molecule is COc1ccc(CNC(=S)N(C)[C@H](C)c2ccc(S(N)(=O)=O)cc2)cc1. The molecule has 0 spiro atoms. The first-order chi connectivity index (χ1) is 12.2. The molecule has 0 saturated heterocycles. The molecule has 0 saturated carbocycles. The van der Waals surface area contributed by atoms with Crippen LogP contribution in [-0.4, -0.2) is 32.6 Å². The van der Waals surface area contributed by atoms with Gasteiger partial charge in [-0.2, -0.15) is 0 Å². The van der Waals surface area contributed by atoms with Gasteiger partial charge >= 0.3 is 0 Å². The lowest BCUT2D eigenvalue weighted by molar-refractivity contribution is 0.395. The summed E-state index contributed by atoms with van der Waals surface area (Å²) in [7, 11) is -0.163. The van der Waals surface area contributed by atoms with Crippen molar-refractivity contribution in [1.29, 1.82) is 0 Å². The van der Waals surface area contributed by atoms with Crippen molar-refractivity contribution in [2.24, 2.45) is 5.14 Å². The molecule has 0 bridgehead atoms. The van der Waals surface area contributed by atoms with Crippen LogP contribution in [0.2, 0.25) is 0 Å². The van der Waals surface area contributed by atoms with Crippen LogP contribution in [0.3, 0.4) is 0 Å². The Hall–Kier alpha value is -2.16. The predicted octanol–water partition coefficient (Wildman–Crippen LogP) is 2.41. The van der Waals surface area contributed by atoms with Gasteiger partial charge in [-0.25, -0.2) is 13.6 Å². The monoisotopic (exact) mass is 393 g/mol. The topological polar surface area (TPSA) is 84.7 Å². The summed E-state index contributed by atoms with van der Waals surface area (Å²) < 4.78 is 27.8. The molecule has 8 heteroatoms. The lowest BCUT2D eigenvalue weighted by atomic mass is 10.1. The third-order valence-electron chi connectivity index (χ3n) is 4.20. The van der Waals surface area contributed by atoms with Gasteiger partial charge < -0.3 is 15.0 Å². The second-order valence-corrected chi connectivity index (χ2v) is 7.86. The zero-order chi connectivity index (χ0) is 19.3. The summed E-state index contributed by atoms with van der Waals surface area (Å²) in [6, 6.07) is 14.2. The molecule has 0 amide bonds. The van der Waals surface area contributed by atoms with Crippen molar-refractivity contribution in [3.05, 3.63) is 59.7 Å². The lowest BCUT2D eigenvalue weighted by Gasteiger charge is -2.28. The Balaban J connectivity index is 1.97. The molecule has 2 aromatic carbocycles. The highest BCUT2D eigenvalue weighted by molar-refractivity contribution is 7.89. The third kappa shape index (κ3) is 5.17. The van der Waals surface area contributed by atoms with Crippen molar-refractivity contribution in [2.75, 3.05) is 14.2 Å². The van der Waals surface area contributed by atoms with Crippen LogP contribution in [0.4, 0.5) is 0 Å². The Labute approximate surface area is 160 Å². The van der Waals surface area contributed by atoms with E-state index < -0.39 is 10.0 Å². The molecule has 140 valence electrons. The van der Waals surface area contributed by atoms with E-state index in [-0.39, 0.29) is 10.9 Å². The van der Waals surface area contributed by atoms with Crippen molar-refractivity contribution >= 4 is 27.4 Å². The lowest BCUT2D eigenvalue weighted by Crippen LogP contribution is -2.38. The number of nitrogens with two attached hydrogens (primary N) is 1. The maximum absolute atomic E-state index is 11.3. The van der Waals surface area contributed by atoms with Gasteiger partial charge in [0.05, 0.1) is 18.0 Å². The van der Waals surface area contributed by atoms with Crippen molar-refractivity contribution in [2.45, 2.75) is 24.4 Å². The average Bonchev–Trinajstić information content (AvgIpc) is 2.64. The van der Waals surface area contributed by atoms with Crippen molar-refractivity contribution in [1.82, 2.24) is 10.2 Å². The van der Waals surface area contributed by atoms with Crippen LogP contribution < -0.4 is 15.2 Å². The van der Waals surface area contributed by atoms with Crippen LogP contribution in [0, 0.1) is 0 Å². The smallest absolute Gasteiger partial charge is 0.238 e. The molecule has 1 atom stereocenters. The normalized spacial score (nSPS) is 12.3. The largest absolute Gasteiger partial charge is 0.497 e. The van der Waals surface area contributed by atoms with Crippen molar-refractivity contribution in [3.8, 4) is 5.75 Å². The summed E-state index contributed by atoms with van der Waals surface area (Å²) in [5.74, 6) is 0.810. The van der Waals surface area contributed by atoms with Gasteiger partial charge in [0, 0.05) is 13.6 Å². The van der Waals surface area contributed by atoms with Crippen LogP contribution >= 0.6 is 12.2 Å². The molecular formula is C18H23N3O3S2. The first kappa shape index (κ1) is 20.2. The standard InChI is InChI=1S/C18H23N3O3S2/c1-13(15-6-10-17(11-7-15)26(19,22)23)21(2)18(25)20-12-14-4-8-16(24-3)9-5-14/h4-11,13H,12H2,1-3H3,(H,20,25)(H2,19,22,23)/t13-/m1/s1. The van der Waals surface area contributed by atoms with Gasteiger partial charge in [-0.05, 0) is 54.5 Å². The minimum atomic E-state index is -3.69. The second-order valence-electron chi connectivity index (χ2n) is 5.91. The fraction of sp³-hybridized carbons (Fsp3) is 0.278. The molecule has 3 N–H and O–H groups in total. The van der Waals surface area contributed by atoms with E-state index in [0.717, 1.165) is 16.9 Å². The molecule has 0 aliphatic heterocycles. The van der Waals surface area contributed by atoms with E-state index in [2.05, 4.69) is 5.32 Å². The van der Waals surface area contributed by atoms with Crippen LogP contribution in [0.15, 0.2) is 53.4 Å². The molecule has 0 aromatic heterocycles. The Morgan fingerprint density at radius 1 is 1.19 bits per heavy atom. The highest BCUT2D eigenvalue weighted by Crippen LogP contribution is 2.20. The number of methoxy groups -OCH3 is 1. The summed E-state index contributed by atoms with van der Waals surface area (Å²) in [5, 5.41) is 8.95. The zero-order valence-corrected chi connectivity index (χ0v) is 16.6. The number of benzene rings is 2. The van der Waals surface area contributed by atoms with Gasteiger partial charge in [0.15, 0.2) is 5.11 Å². The van der Waals surface area contributed by atoms with E-state index in [9.17, 15) is 8.42 Å². The Kier molecular flexibility index (Phi) is 6.57.